The summed E-state index contributed by atoms with van der Waals surface area (Å²) in [4.78, 5) is 36.7. The second-order valence-electron chi connectivity index (χ2n) is 8.08. The van der Waals surface area contributed by atoms with Gasteiger partial charge in [0.25, 0.3) is 0 Å². The highest BCUT2D eigenvalue weighted by atomic mass is 32.2. The zero-order chi connectivity index (χ0) is 23.8. The van der Waals surface area contributed by atoms with Crippen LogP contribution in [0.3, 0.4) is 0 Å². The minimum atomic E-state index is -0.431. The van der Waals surface area contributed by atoms with Gasteiger partial charge in [0.1, 0.15) is 5.50 Å². The van der Waals surface area contributed by atoms with E-state index in [4.69, 9.17) is 9.47 Å². The average Bonchev–Trinajstić information content (AvgIpc) is 3.30. The summed E-state index contributed by atoms with van der Waals surface area (Å²) in [6, 6.07) is 15.2. The maximum atomic E-state index is 12.3. The van der Waals surface area contributed by atoms with E-state index in [1.807, 2.05) is 48.5 Å². The first-order valence-electron chi connectivity index (χ1n) is 11.2. The molecule has 3 amide bonds. The summed E-state index contributed by atoms with van der Waals surface area (Å²) in [5, 5.41) is 11.8. The lowest BCUT2D eigenvalue weighted by molar-refractivity contribution is -0.125. The molecule has 2 aliphatic rings. The standard InChI is InChI=1S/C24H28N4O5S/c29-21(25-9-8-16-4-2-1-3-5-16)11-18-12-22(30)28-24(27-18)34-14-23(31)26-13-17-6-7-19-20(10-17)33-15-32-19/h1-7,10,18,24,27H,8-9,11-15H2,(H,25,29)(H,26,31)(H,28,30). The van der Waals surface area contributed by atoms with Crippen molar-refractivity contribution in [1.29, 1.82) is 0 Å². The summed E-state index contributed by atoms with van der Waals surface area (Å²) in [7, 11) is 0. The Kier molecular flexibility index (Phi) is 8.26. The molecule has 4 rings (SSSR count). The van der Waals surface area contributed by atoms with Crippen LogP contribution in [0.5, 0.6) is 11.5 Å². The highest BCUT2D eigenvalue weighted by molar-refractivity contribution is 8.00. The summed E-state index contributed by atoms with van der Waals surface area (Å²) < 4.78 is 10.6. The number of hydrogen-bond acceptors (Lipinski definition) is 7. The van der Waals surface area contributed by atoms with Crippen LogP contribution < -0.4 is 30.7 Å². The van der Waals surface area contributed by atoms with Gasteiger partial charge in [0.05, 0.1) is 5.75 Å². The summed E-state index contributed by atoms with van der Waals surface area (Å²) in [5.74, 6) is 1.14. The molecule has 0 spiro atoms. The molecular formula is C24H28N4O5S. The molecule has 2 aliphatic heterocycles. The Labute approximate surface area is 202 Å². The van der Waals surface area contributed by atoms with Gasteiger partial charge in [-0.2, -0.15) is 0 Å². The molecular weight excluding hydrogens is 456 g/mol. The van der Waals surface area contributed by atoms with Crippen LogP contribution in [-0.2, 0) is 27.3 Å². The minimum absolute atomic E-state index is 0.103. The van der Waals surface area contributed by atoms with Crippen LogP contribution in [0.2, 0.25) is 0 Å². The normalized spacial score (nSPS) is 18.8. The Balaban J connectivity index is 1.15. The first kappa shape index (κ1) is 23.9. The summed E-state index contributed by atoms with van der Waals surface area (Å²) in [6.45, 7) is 1.12. The number of carbonyl (C=O) groups excluding carboxylic acids is 3. The number of hydrogen-bond donors (Lipinski definition) is 4. The molecule has 180 valence electrons. The number of rotatable bonds is 10. The molecule has 2 aromatic rings. The molecule has 2 heterocycles. The third kappa shape index (κ3) is 7.13. The van der Waals surface area contributed by atoms with Gasteiger partial charge in [-0.05, 0) is 29.7 Å². The van der Waals surface area contributed by atoms with Crippen molar-refractivity contribution in [3.63, 3.8) is 0 Å². The van der Waals surface area contributed by atoms with Gasteiger partial charge in [-0.3, -0.25) is 19.7 Å². The molecule has 0 aliphatic carbocycles. The number of amides is 3. The third-order valence-electron chi connectivity index (χ3n) is 5.43. The van der Waals surface area contributed by atoms with E-state index < -0.39 is 5.50 Å². The van der Waals surface area contributed by atoms with Crippen LogP contribution in [0, 0.1) is 0 Å². The predicted octanol–water partition coefficient (Wildman–Crippen LogP) is 1.28. The monoisotopic (exact) mass is 484 g/mol. The molecule has 10 heteroatoms. The number of nitrogens with one attached hydrogen (secondary N) is 4. The quantitative estimate of drug-likeness (QED) is 0.401. The lowest BCUT2D eigenvalue weighted by Gasteiger charge is -2.30. The SMILES string of the molecule is O=C(CSC1NC(=O)CC(CC(=O)NCCc2ccccc2)N1)NCc1ccc2c(c1)OCO2. The van der Waals surface area contributed by atoms with E-state index >= 15 is 0 Å². The molecule has 2 atom stereocenters. The lowest BCUT2D eigenvalue weighted by Crippen LogP contribution is -2.56. The van der Waals surface area contributed by atoms with Gasteiger partial charge in [-0.1, -0.05) is 36.4 Å². The predicted molar refractivity (Wildman–Crippen MR) is 128 cm³/mol. The number of benzene rings is 2. The average molecular weight is 485 g/mol. The van der Waals surface area contributed by atoms with E-state index in [9.17, 15) is 14.4 Å². The highest BCUT2D eigenvalue weighted by Crippen LogP contribution is 2.32. The van der Waals surface area contributed by atoms with Crippen LogP contribution in [0.15, 0.2) is 48.5 Å². The molecule has 1 saturated heterocycles. The molecule has 0 bridgehead atoms. The maximum absolute atomic E-state index is 12.3. The highest BCUT2D eigenvalue weighted by Gasteiger charge is 2.28. The number of ether oxygens (including phenoxy) is 2. The second-order valence-corrected chi connectivity index (χ2v) is 9.17. The molecule has 2 aromatic carbocycles. The van der Waals surface area contributed by atoms with E-state index in [1.54, 1.807) is 0 Å². The van der Waals surface area contributed by atoms with Crippen molar-refractivity contribution in [3.8, 4) is 11.5 Å². The molecule has 9 nitrogen and oxygen atoms in total. The van der Waals surface area contributed by atoms with Gasteiger partial charge in [0, 0.05) is 32.0 Å². The van der Waals surface area contributed by atoms with Gasteiger partial charge in [-0.25, -0.2) is 0 Å². The maximum Gasteiger partial charge on any atom is 0.231 e. The van der Waals surface area contributed by atoms with Crippen LogP contribution in [0.4, 0.5) is 0 Å². The minimum Gasteiger partial charge on any atom is -0.454 e. The molecule has 0 saturated carbocycles. The Morgan fingerprint density at radius 3 is 2.68 bits per heavy atom. The third-order valence-corrected chi connectivity index (χ3v) is 6.45. The van der Waals surface area contributed by atoms with Crippen LogP contribution >= 0.6 is 11.8 Å². The van der Waals surface area contributed by atoms with Crippen molar-refractivity contribution in [1.82, 2.24) is 21.3 Å². The fraction of sp³-hybridized carbons (Fsp3) is 0.375. The van der Waals surface area contributed by atoms with E-state index in [0.29, 0.717) is 24.6 Å². The van der Waals surface area contributed by atoms with Crippen molar-refractivity contribution in [3.05, 3.63) is 59.7 Å². The molecule has 34 heavy (non-hydrogen) atoms. The van der Waals surface area contributed by atoms with Gasteiger partial charge < -0.3 is 25.4 Å². The Hall–Kier alpha value is -3.24. The molecule has 2 unspecified atom stereocenters. The number of fused-ring (bicyclic) bond motifs is 1. The summed E-state index contributed by atoms with van der Waals surface area (Å²) in [5.41, 5.74) is 1.64. The van der Waals surface area contributed by atoms with E-state index in [-0.39, 0.29) is 49.2 Å². The van der Waals surface area contributed by atoms with Crippen molar-refractivity contribution in [2.75, 3.05) is 19.1 Å². The molecule has 1 fully saturated rings. The Bertz CT molecular complexity index is 1020. The fourth-order valence-corrected chi connectivity index (χ4v) is 4.64. The van der Waals surface area contributed by atoms with Crippen molar-refractivity contribution < 1.29 is 23.9 Å². The smallest absolute Gasteiger partial charge is 0.231 e. The number of thioether (sulfide) groups is 1. The van der Waals surface area contributed by atoms with Gasteiger partial charge >= 0.3 is 0 Å². The summed E-state index contributed by atoms with van der Waals surface area (Å²) in [6.07, 6.45) is 1.18. The second kappa shape index (κ2) is 11.8. The zero-order valence-corrected chi connectivity index (χ0v) is 19.5. The Morgan fingerprint density at radius 1 is 1.00 bits per heavy atom. The van der Waals surface area contributed by atoms with E-state index in [0.717, 1.165) is 17.5 Å². The van der Waals surface area contributed by atoms with Crippen LogP contribution in [0.1, 0.15) is 24.0 Å². The largest absolute Gasteiger partial charge is 0.454 e. The van der Waals surface area contributed by atoms with Gasteiger partial charge in [0.2, 0.25) is 24.5 Å². The molecule has 0 aromatic heterocycles. The van der Waals surface area contributed by atoms with Crippen molar-refractivity contribution >= 4 is 29.5 Å². The number of carbonyl (C=O) groups is 3. The molecule has 4 N–H and O–H groups in total. The van der Waals surface area contributed by atoms with Crippen LogP contribution in [-0.4, -0.2) is 48.4 Å². The summed E-state index contributed by atoms with van der Waals surface area (Å²) >= 11 is 1.28. The van der Waals surface area contributed by atoms with E-state index in [2.05, 4.69) is 21.3 Å². The first-order chi connectivity index (χ1) is 16.5. The van der Waals surface area contributed by atoms with Crippen molar-refractivity contribution in [2.45, 2.75) is 37.3 Å². The zero-order valence-electron chi connectivity index (χ0n) is 18.7. The fourth-order valence-electron chi connectivity index (χ4n) is 3.71. The van der Waals surface area contributed by atoms with Gasteiger partial charge in [0.15, 0.2) is 11.5 Å². The van der Waals surface area contributed by atoms with Crippen molar-refractivity contribution in [2.24, 2.45) is 0 Å². The first-order valence-corrected chi connectivity index (χ1v) is 12.2. The van der Waals surface area contributed by atoms with Crippen LogP contribution in [0.25, 0.3) is 0 Å². The topological polar surface area (TPSA) is 118 Å². The van der Waals surface area contributed by atoms with E-state index in [1.165, 1.54) is 11.8 Å². The van der Waals surface area contributed by atoms with Gasteiger partial charge in [-0.15, -0.1) is 11.8 Å². The molecule has 0 radical (unpaired) electrons. The lowest BCUT2D eigenvalue weighted by atomic mass is 10.1. The Morgan fingerprint density at radius 2 is 1.82 bits per heavy atom.